The molecule has 5 nitrogen and oxygen atoms in total. The summed E-state index contributed by atoms with van der Waals surface area (Å²) in [5.41, 5.74) is 0.769. The quantitative estimate of drug-likeness (QED) is 0.927. The minimum absolute atomic E-state index is 0.0329. The molecule has 0 radical (unpaired) electrons. The van der Waals surface area contributed by atoms with E-state index in [1.165, 1.54) is 17.0 Å². The molecule has 1 aliphatic heterocycles. The second kappa shape index (κ2) is 6.93. The molecule has 0 saturated carbocycles. The Kier molecular flexibility index (Phi) is 4.70. The normalized spacial score (nSPS) is 14.6. The summed E-state index contributed by atoms with van der Waals surface area (Å²) in [6.07, 6.45) is -0.433. The van der Waals surface area contributed by atoms with E-state index in [0.29, 0.717) is 23.4 Å². The van der Waals surface area contributed by atoms with Crippen LogP contribution >= 0.6 is 0 Å². The molecule has 1 amide bonds. The molecule has 0 fully saturated rings. The number of carboxylic acid groups (broad SMARTS) is 1. The van der Waals surface area contributed by atoms with Gasteiger partial charge < -0.3 is 14.7 Å². The number of hydrogen-bond donors (Lipinski definition) is 1. The number of nitrogens with zero attached hydrogens (tertiary/aromatic N) is 1. The van der Waals surface area contributed by atoms with Crippen molar-refractivity contribution in [2.75, 3.05) is 6.54 Å². The molecule has 130 valence electrons. The van der Waals surface area contributed by atoms with Crippen LogP contribution in [0.4, 0.5) is 4.39 Å². The average molecular weight is 343 g/mol. The van der Waals surface area contributed by atoms with Crippen molar-refractivity contribution in [3.05, 3.63) is 65.0 Å². The molecule has 1 atom stereocenters. The number of aromatic carboxylic acids is 1. The van der Waals surface area contributed by atoms with E-state index in [2.05, 4.69) is 0 Å². The van der Waals surface area contributed by atoms with Crippen molar-refractivity contribution in [2.24, 2.45) is 0 Å². The highest BCUT2D eigenvalue weighted by atomic mass is 19.1. The van der Waals surface area contributed by atoms with Gasteiger partial charge in [-0.1, -0.05) is 18.2 Å². The predicted molar refractivity (Wildman–Crippen MR) is 89.0 cm³/mol. The van der Waals surface area contributed by atoms with E-state index >= 15 is 0 Å². The number of amides is 1. The van der Waals surface area contributed by atoms with Crippen molar-refractivity contribution in [3.63, 3.8) is 0 Å². The number of ether oxygens (including phenoxy) is 1. The van der Waals surface area contributed by atoms with Crippen LogP contribution < -0.4 is 4.74 Å². The highest BCUT2D eigenvalue weighted by Gasteiger charge is 2.29. The smallest absolute Gasteiger partial charge is 0.336 e. The molecule has 25 heavy (non-hydrogen) atoms. The van der Waals surface area contributed by atoms with Crippen LogP contribution in [0.25, 0.3) is 0 Å². The van der Waals surface area contributed by atoms with Gasteiger partial charge in [-0.2, -0.15) is 0 Å². The van der Waals surface area contributed by atoms with Gasteiger partial charge in [0.15, 0.2) is 6.10 Å². The average Bonchev–Trinajstić information content (AvgIpc) is 2.61. The van der Waals surface area contributed by atoms with Crippen molar-refractivity contribution in [2.45, 2.75) is 26.0 Å². The van der Waals surface area contributed by atoms with Crippen LogP contribution in [0.5, 0.6) is 5.75 Å². The molecule has 0 aromatic heterocycles. The summed E-state index contributed by atoms with van der Waals surface area (Å²) >= 11 is 0. The lowest BCUT2D eigenvalue weighted by Gasteiger charge is -2.31. The third kappa shape index (κ3) is 3.47. The summed E-state index contributed by atoms with van der Waals surface area (Å²) in [4.78, 5) is 25.5. The molecule has 1 unspecified atom stereocenters. The molecule has 2 aromatic rings. The highest BCUT2D eigenvalue weighted by Crippen LogP contribution is 2.26. The maximum absolute atomic E-state index is 14.0. The van der Waals surface area contributed by atoms with Crippen molar-refractivity contribution in [3.8, 4) is 5.75 Å². The van der Waals surface area contributed by atoms with Crippen LogP contribution in [0.1, 0.15) is 28.4 Å². The van der Waals surface area contributed by atoms with Gasteiger partial charge in [0.25, 0.3) is 5.91 Å². The van der Waals surface area contributed by atoms with Gasteiger partial charge in [0, 0.05) is 13.1 Å². The number of fused-ring (bicyclic) bond motifs is 1. The second-order valence-electron chi connectivity index (χ2n) is 5.94. The summed E-state index contributed by atoms with van der Waals surface area (Å²) in [6, 6.07) is 11.4. The van der Waals surface area contributed by atoms with Crippen LogP contribution in [0.15, 0.2) is 42.5 Å². The number of benzene rings is 2. The van der Waals surface area contributed by atoms with E-state index < -0.39 is 17.9 Å². The summed E-state index contributed by atoms with van der Waals surface area (Å²) < 4.78 is 19.6. The number of carbonyl (C=O) groups excluding carboxylic acids is 1. The number of hydrogen-bond acceptors (Lipinski definition) is 3. The van der Waals surface area contributed by atoms with E-state index in [9.17, 15) is 19.1 Å². The molecule has 6 heteroatoms. The third-order valence-electron chi connectivity index (χ3n) is 4.30. The van der Waals surface area contributed by atoms with Crippen molar-refractivity contribution >= 4 is 11.9 Å². The molecule has 1 aliphatic rings. The summed E-state index contributed by atoms with van der Waals surface area (Å²) in [5.74, 6) is -1.23. The van der Waals surface area contributed by atoms with Gasteiger partial charge in [0.05, 0.1) is 5.56 Å². The molecule has 3 rings (SSSR count). The zero-order valence-electron chi connectivity index (χ0n) is 13.7. The van der Waals surface area contributed by atoms with Crippen LogP contribution in [0.3, 0.4) is 0 Å². The Morgan fingerprint density at radius 1 is 1.16 bits per heavy atom. The van der Waals surface area contributed by atoms with Gasteiger partial charge in [-0.05, 0) is 48.7 Å². The summed E-state index contributed by atoms with van der Waals surface area (Å²) in [7, 11) is 0. The Hall–Kier alpha value is -2.89. The number of carboxylic acids is 1. The predicted octanol–water partition coefficient (Wildman–Crippen LogP) is 2.88. The van der Waals surface area contributed by atoms with E-state index in [-0.39, 0.29) is 24.4 Å². The Bertz CT molecular complexity index is 807. The van der Waals surface area contributed by atoms with Crippen LogP contribution in [0, 0.1) is 5.82 Å². The molecule has 1 N–H and O–H groups in total. The SMILES string of the molecule is CC(Oc1ccccc1)C(=O)N1CCc2c(F)ccc(C(=O)O)c2C1. The number of rotatable bonds is 4. The van der Waals surface area contributed by atoms with Crippen molar-refractivity contribution in [1.29, 1.82) is 0 Å². The van der Waals surface area contributed by atoms with Gasteiger partial charge in [-0.25, -0.2) is 9.18 Å². The number of para-hydroxylation sites is 1. The molecular formula is C19H18FNO4. The first kappa shape index (κ1) is 17.0. The minimum atomic E-state index is -1.13. The Labute approximate surface area is 144 Å². The largest absolute Gasteiger partial charge is 0.481 e. The fraction of sp³-hybridized carbons (Fsp3) is 0.263. The molecule has 0 bridgehead atoms. The maximum Gasteiger partial charge on any atom is 0.336 e. The fourth-order valence-corrected chi connectivity index (χ4v) is 3.03. The molecule has 0 spiro atoms. The first-order chi connectivity index (χ1) is 12.0. The van der Waals surface area contributed by atoms with Gasteiger partial charge in [-0.3, -0.25) is 4.79 Å². The third-order valence-corrected chi connectivity index (χ3v) is 4.30. The lowest BCUT2D eigenvalue weighted by atomic mass is 9.94. The Morgan fingerprint density at radius 3 is 2.56 bits per heavy atom. The van der Waals surface area contributed by atoms with Crippen LogP contribution in [-0.4, -0.2) is 34.5 Å². The van der Waals surface area contributed by atoms with Gasteiger partial charge in [0.1, 0.15) is 11.6 Å². The molecule has 0 aliphatic carbocycles. The molecule has 0 saturated heterocycles. The molecular weight excluding hydrogens is 325 g/mol. The van der Waals surface area contributed by atoms with Crippen molar-refractivity contribution in [1.82, 2.24) is 4.90 Å². The zero-order valence-corrected chi connectivity index (χ0v) is 13.7. The monoisotopic (exact) mass is 343 g/mol. The van der Waals surface area contributed by atoms with Crippen molar-refractivity contribution < 1.29 is 23.8 Å². The summed E-state index contributed by atoms with van der Waals surface area (Å²) in [5, 5.41) is 9.31. The highest BCUT2D eigenvalue weighted by molar-refractivity contribution is 5.90. The Balaban J connectivity index is 1.79. The lowest BCUT2D eigenvalue weighted by Crippen LogP contribution is -2.43. The first-order valence-corrected chi connectivity index (χ1v) is 8.01. The van der Waals surface area contributed by atoms with E-state index in [4.69, 9.17) is 4.74 Å². The number of carbonyl (C=O) groups is 2. The van der Waals surface area contributed by atoms with Crippen LogP contribution in [-0.2, 0) is 17.8 Å². The van der Waals surface area contributed by atoms with Gasteiger partial charge in [-0.15, -0.1) is 0 Å². The fourth-order valence-electron chi connectivity index (χ4n) is 3.03. The second-order valence-corrected chi connectivity index (χ2v) is 5.94. The van der Waals surface area contributed by atoms with E-state index in [0.717, 1.165) is 0 Å². The van der Waals surface area contributed by atoms with Gasteiger partial charge in [0.2, 0.25) is 0 Å². The minimum Gasteiger partial charge on any atom is -0.481 e. The van der Waals surface area contributed by atoms with Crippen LogP contribution in [0.2, 0.25) is 0 Å². The van der Waals surface area contributed by atoms with E-state index in [1.54, 1.807) is 19.1 Å². The first-order valence-electron chi connectivity index (χ1n) is 8.01. The maximum atomic E-state index is 14.0. The summed E-state index contributed by atoms with van der Waals surface area (Å²) in [6.45, 7) is 2.04. The number of halogens is 1. The van der Waals surface area contributed by atoms with E-state index in [1.807, 2.05) is 18.2 Å². The zero-order chi connectivity index (χ0) is 18.0. The lowest BCUT2D eigenvalue weighted by molar-refractivity contribution is -0.138. The standard InChI is InChI=1S/C19H18FNO4/c1-12(25-13-5-3-2-4-6-13)18(22)21-10-9-14-16(11-21)15(19(23)24)7-8-17(14)20/h2-8,12H,9-11H2,1H3,(H,23,24). The van der Waals surface area contributed by atoms with Gasteiger partial charge >= 0.3 is 5.97 Å². The molecule has 1 heterocycles. The Morgan fingerprint density at radius 2 is 1.88 bits per heavy atom. The molecule has 2 aromatic carbocycles. The topological polar surface area (TPSA) is 66.8 Å².